The number of hydrogen-bond donors (Lipinski definition) is 2. The highest BCUT2D eigenvalue weighted by Crippen LogP contribution is 2.27. The van der Waals surface area contributed by atoms with Gasteiger partial charge in [-0.3, -0.25) is 9.69 Å². The lowest BCUT2D eigenvalue weighted by Gasteiger charge is -2.31. The van der Waals surface area contributed by atoms with Crippen LogP contribution in [0.5, 0.6) is 0 Å². The predicted molar refractivity (Wildman–Crippen MR) is 113 cm³/mol. The summed E-state index contributed by atoms with van der Waals surface area (Å²) in [4.78, 5) is 15.0. The highest BCUT2D eigenvalue weighted by atomic mass is 35.5. The summed E-state index contributed by atoms with van der Waals surface area (Å²) in [5.41, 5.74) is 7.79. The van der Waals surface area contributed by atoms with Gasteiger partial charge in [0.1, 0.15) is 0 Å². The molecule has 0 bridgehead atoms. The van der Waals surface area contributed by atoms with Gasteiger partial charge in [0.25, 0.3) is 0 Å². The molecule has 148 valence electrons. The number of rotatable bonds is 4. The van der Waals surface area contributed by atoms with Crippen molar-refractivity contribution in [3.8, 4) is 0 Å². The third-order valence-corrected chi connectivity index (χ3v) is 5.51. The number of carbonyl (C=O) groups is 1. The Balaban J connectivity index is 0.00000169. The summed E-state index contributed by atoms with van der Waals surface area (Å²) >= 11 is 0. The zero-order valence-electron chi connectivity index (χ0n) is 15.5. The molecule has 1 aromatic carbocycles. The molecular formula is C20H33Cl2N3O. The van der Waals surface area contributed by atoms with Crippen molar-refractivity contribution >= 4 is 36.4 Å². The SMILES string of the molecule is Cl.Cl.NC1(C(=O)Nc2ccc(CN3CCCCCC3)cc2)CCCCC1. The maximum atomic E-state index is 12.5. The van der Waals surface area contributed by atoms with Crippen molar-refractivity contribution in [2.45, 2.75) is 69.9 Å². The molecule has 0 aromatic heterocycles. The number of nitrogens with zero attached hydrogens (tertiary/aromatic N) is 1. The van der Waals surface area contributed by atoms with E-state index < -0.39 is 5.54 Å². The van der Waals surface area contributed by atoms with Gasteiger partial charge in [0, 0.05) is 12.2 Å². The molecule has 3 rings (SSSR count). The lowest BCUT2D eigenvalue weighted by atomic mass is 9.82. The van der Waals surface area contributed by atoms with E-state index in [-0.39, 0.29) is 30.7 Å². The van der Waals surface area contributed by atoms with Gasteiger partial charge in [0.05, 0.1) is 5.54 Å². The molecule has 0 spiro atoms. The Hall–Kier alpha value is -0.810. The number of halogens is 2. The van der Waals surface area contributed by atoms with Gasteiger partial charge >= 0.3 is 0 Å². The minimum Gasteiger partial charge on any atom is -0.324 e. The van der Waals surface area contributed by atoms with E-state index in [1.165, 1.54) is 50.8 Å². The van der Waals surface area contributed by atoms with Crippen LogP contribution >= 0.6 is 24.8 Å². The largest absolute Gasteiger partial charge is 0.324 e. The molecule has 26 heavy (non-hydrogen) atoms. The lowest BCUT2D eigenvalue weighted by molar-refractivity contribution is -0.122. The van der Waals surface area contributed by atoms with E-state index in [9.17, 15) is 4.79 Å². The van der Waals surface area contributed by atoms with Gasteiger partial charge in [-0.1, -0.05) is 44.2 Å². The van der Waals surface area contributed by atoms with Crippen LogP contribution in [0.1, 0.15) is 63.4 Å². The fourth-order valence-corrected chi connectivity index (χ4v) is 3.91. The summed E-state index contributed by atoms with van der Waals surface area (Å²) in [5.74, 6) is -0.0255. The van der Waals surface area contributed by atoms with E-state index in [2.05, 4.69) is 22.3 Å². The van der Waals surface area contributed by atoms with Gasteiger partial charge < -0.3 is 11.1 Å². The highest BCUT2D eigenvalue weighted by Gasteiger charge is 2.35. The number of amides is 1. The quantitative estimate of drug-likeness (QED) is 0.779. The fraction of sp³-hybridized carbons (Fsp3) is 0.650. The molecule has 0 atom stereocenters. The molecule has 1 heterocycles. The van der Waals surface area contributed by atoms with E-state index in [4.69, 9.17) is 5.73 Å². The molecule has 6 heteroatoms. The smallest absolute Gasteiger partial charge is 0.244 e. The second-order valence-electron chi connectivity index (χ2n) is 7.56. The molecule has 4 nitrogen and oxygen atoms in total. The van der Waals surface area contributed by atoms with Crippen LogP contribution in [0.4, 0.5) is 5.69 Å². The van der Waals surface area contributed by atoms with Crippen LogP contribution in [-0.4, -0.2) is 29.4 Å². The first-order chi connectivity index (χ1) is 11.7. The number of nitrogens with one attached hydrogen (secondary N) is 1. The summed E-state index contributed by atoms with van der Waals surface area (Å²) in [6, 6.07) is 8.28. The summed E-state index contributed by atoms with van der Waals surface area (Å²) in [7, 11) is 0. The minimum absolute atomic E-state index is 0. The molecule has 1 amide bonds. The Morgan fingerprint density at radius 3 is 2.04 bits per heavy atom. The van der Waals surface area contributed by atoms with Crippen LogP contribution in [0.3, 0.4) is 0 Å². The first kappa shape index (κ1) is 23.2. The standard InChI is InChI=1S/C20H31N3O.2ClH/c21-20(12-4-3-5-13-20)19(24)22-18-10-8-17(9-11-18)16-23-14-6-1-2-7-15-23;;/h8-11H,1-7,12-16,21H2,(H,22,24);2*1H. The van der Waals surface area contributed by atoms with Crippen molar-refractivity contribution in [2.24, 2.45) is 5.73 Å². The first-order valence-corrected chi connectivity index (χ1v) is 9.57. The molecule has 2 aliphatic rings. The van der Waals surface area contributed by atoms with Crippen molar-refractivity contribution in [1.29, 1.82) is 0 Å². The Labute approximate surface area is 170 Å². The van der Waals surface area contributed by atoms with Gasteiger partial charge in [-0.15, -0.1) is 24.8 Å². The zero-order chi connectivity index (χ0) is 16.8. The molecule has 0 unspecified atom stereocenters. The predicted octanol–water partition coefficient (Wildman–Crippen LogP) is 4.51. The van der Waals surface area contributed by atoms with Crippen molar-refractivity contribution < 1.29 is 4.79 Å². The number of anilines is 1. The summed E-state index contributed by atoms with van der Waals surface area (Å²) in [6.07, 6.45) is 10.2. The zero-order valence-corrected chi connectivity index (χ0v) is 17.2. The normalized spacial score (nSPS) is 20.2. The highest BCUT2D eigenvalue weighted by molar-refractivity contribution is 5.98. The Kier molecular flexibility index (Phi) is 9.94. The van der Waals surface area contributed by atoms with Crippen molar-refractivity contribution in [2.75, 3.05) is 18.4 Å². The molecule has 1 saturated heterocycles. The third kappa shape index (κ3) is 6.41. The Bertz CT molecular complexity index is 536. The second-order valence-corrected chi connectivity index (χ2v) is 7.56. The van der Waals surface area contributed by atoms with Crippen LogP contribution in [0.2, 0.25) is 0 Å². The van der Waals surface area contributed by atoms with Crippen LogP contribution in [0, 0.1) is 0 Å². The van der Waals surface area contributed by atoms with Gasteiger partial charge in [0.15, 0.2) is 0 Å². The fourth-order valence-electron chi connectivity index (χ4n) is 3.91. The van der Waals surface area contributed by atoms with Crippen molar-refractivity contribution in [3.63, 3.8) is 0 Å². The van der Waals surface area contributed by atoms with Crippen LogP contribution in [-0.2, 0) is 11.3 Å². The molecule has 1 aromatic rings. The van der Waals surface area contributed by atoms with Crippen LogP contribution in [0.25, 0.3) is 0 Å². The van der Waals surface area contributed by atoms with Crippen LogP contribution in [0.15, 0.2) is 24.3 Å². The molecular weight excluding hydrogens is 369 g/mol. The number of benzene rings is 1. The molecule has 1 aliphatic carbocycles. The number of likely N-dealkylation sites (tertiary alicyclic amines) is 1. The van der Waals surface area contributed by atoms with Crippen molar-refractivity contribution in [3.05, 3.63) is 29.8 Å². The van der Waals surface area contributed by atoms with Gasteiger partial charge in [-0.05, 0) is 56.5 Å². The molecule has 2 fully saturated rings. The average molecular weight is 402 g/mol. The van der Waals surface area contributed by atoms with E-state index in [0.29, 0.717) is 0 Å². The van der Waals surface area contributed by atoms with E-state index in [0.717, 1.165) is 37.9 Å². The topological polar surface area (TPSA) is 58.4 Å². The van der Waals surface area contributed by atoms with E-state index in [1.54, 1.807) is 0 Å². The van der Waals surface area contributed by atoms with Crippen molar-refractivity contribution in [1.82, 2.24) is 4.90 Å². The summed E-state index contributed by atoms with van der Waals surface area (Å²) in [5, 5.41) is 3.02. The van der Waals surface area contributed by atoms with E-state index in [1.807, 2.05) is 12.1 Å². The molecule has 1 aliphatic heterocycles. The maximum absolute atomic E-state index is 12.5. The Morgan fingerprint density at radius 2 is 1.46 bits per heavy atom. The summed E-state index contributed by atoms with van der Waals surface area (Å²) < 4.78 is 0. The first-order valence-electron chi connectivity index (χ1n) is 9.57. The third-order valence-electron chi connectivity index (χ3n) is 5.51. The minimum atomic E-state index is -0.678. The lowest BCUT2D eigenvalue weighted by Crippen LogP contribution is -2.52. The van der Waals surface area contributed by atoms with E-state index >= 15 is 0 Å². The molecule has 3 N–H and O–H groups in total. The Morgan fingerprint density at radius 1 is 0.923 bits per heavy atom. The average Bonchev–Trinajstić information content (AvgIpc) is 2.86. The monoisotopic (exact) mass is 401 g/mol. The van der Waals surface area contributed by atoms with Crippen LogP contribution < -0.4 is 11.1 Å². The molecule has 1 saturated carbocycles. The second kappa shape index (κ2) is 11.1. The maximum Gasteiger partial charge on any atom is 0.244 e. The number of nitrogens with two attached hydrogens (primary N) is 1. The number of hydrogen-bond acceptors (Lipinski definition) is 3. The van der Waals surface area contributed by atoms with Gasteiger partial charge in [-0.2, -0.15) is 0 Å². The summed E-state index contributed by atoms with van der Waals surface area (Å²) in [6.45, 7) is 3.41. The van der Waals surface area contributed by atoms with Gasteiger partial charge in [-0.25, -0.2) is 0 Å². The number of carbonyl (C=O) groups excluding carboxylic acids is 1. The van der Waals surface area contributed by atoms with Gasteiger partial charge in [0.2, 0.25) is 5.91 Å². The molecule has 0 radical (unpaired) electrons.